The van der Waals surface area contributed by atoms with Gasteiger partial charge in [-0.3, -0.25) is 4.79 Å². The highest BCUT2D eigenvalue weighted by molar-refractivity contribution is 7.12. The van der Waals surface area contributed by atoms with Crippen LogP contribution in [0.25, 0.3) is 11.4 Å². The molecule has 150 valence electrons. The van der Waals surface area contributed by atoms with Crippen LogP contribution in [0.1, 0.15) is 28.0 Å². The van der Waals surface area contributed by atoms with E-state index >= 15 is 0 Å². The summed E-state index contributed by atoms with van der Waals surface area (Å²) in [5, 5.41) is 14.9. The lowest BCUT2D eigenvalue weighted by atomic mass is 10.1. The van der Waals surface area contributed by atoms with Crippen LogP contribution >= 0.6 is 22.7 Å². The van der Waals surface area contributed by atoms with E-state index in [0.717, 1.165) is 21.0 Å². The molecule has 1 aliphatic rings. The van der Waals surface area contributed by atoms with Crippen LogP contribution in [0.3, 0.4) is 0 Å². The zero-order valence-corrected chi connectivity index (χ0v) is 17.9. The molecule has 1 aliphatic heterocycles. The molecule has 3 aromatic heterocycles. The second-order valence-electron chi connectivity index (χ2n) is 7.00. The summed E-state index contributed by atoms with van der Waals surface area (Å²) in [6, 6.07) is 17.9. The number of aromatic nitrogens is 3. The van der Waals surface area contributed by atoms with Crippen LogP contribution in [0.4, 0.5) is 0 Å². The molecule has 6 nitrogen and oxygen atoms in total. The van der Waals surface area contributed by atoms with E-state index in [1.165, 1.54) is 0 Å². The van der Waals surface area contributed by atoms with Crippen LogP contribution < -0.4 is 0 Å². The van der Waals surface area contributed by atoms with Crippen molar-refractivity contribution in [2.24, 2.45) is 5.10 Å². The summed E-state index contributed by atoms with van der Waals surface area (Å²) in [4.78, 5) is 20.1. The van der Waals surface area contributed by atoms with Crippen molar-refractivity contribution in [1.29, 1.82) is 0 Å². The van der Waals surface area contributed by atoms with Crippen LogP contribution in [0.5, 0.6) is 0 Å². The Bertz CT molecular complexity index is 1180. The lowest BCUT2D eigenvalue weighted by Gasteiger charge is -2.21. The predicted molar refractivity (Wildman–Crippen MR) is 120 cm³/mol. The second kappa shape index (κ2) is 7.97. The van der Waals surface area contributed by atoms with Crippen LogP contribution in [0.15, 0.2) is 70.5 Å². The molecule has 0 saturated carbocycles. The Kier molecular flexibility index (Phi) is 5.02. The maximum Gasteiger partial charge on any atom is 0.265 e. The van der Waals surface area contributed by atoms with Gasteiger partial charge >= 0.3 is 0 Å². The molecule has 1 amide bonds. The van der Waals surface area contributed by atoms with Gasteiger partial charge in [0.2, 0.25) is 0 Å². The number of benzene rings is 1. The van der Waals surface area contributed by atoms with Crippen molar-refractivity contribution in [1.82, 2.24) is 19.8 Å². The third kappa shape index (κ3) is 3.59. The molecule has 0 spiro atoms. The second-order valence-corrected chi connectivity index (χ2v) is 8.93. The van der Waals surface area contributed by atoms with E-state index in [2.05, 4.69) is 22.2 Å². The maximum absolute atomic E-state index is 13.4. The van der Waals surface area contributed by atoms with Crippen molar-refractivity contribution >= 4 is 34.3 Å². The van der Waals surface area contributed by atoms with Gasteiger partial charge in [0, 0.05) is 16.9 Å². The SMILES string of the molecule is Cc1nc(-c2ccccc2)n(CC(=O)N2N=C(c3cccs3)CC2c2cccs2)n1. The third-order valence-corrected chi connectivity index (χ3v) is 6.83. The Morgan fingerprint density at radius 3 is 2.60 bits per heavy atom. The number of rotatable bonds is 5. The number of amides is 1. The van der Waals surface area contributed by atoms with Crippen LogP contribution in [0.2, 0.25) is 0 Å². The zero-order valence-electron chi connectivity index (χ0n) is 16.3. The van der Waals surface area contributed by atoms with Gasteiger partial charge in [0.1, 0.15) is 12.4 Å². The first-order chi connectivity index (χ1) is 14.7. The highest BCUT2D eigenvalue weighted by atomic mass is 32.1. The number of hydrazone groups is 1. The van der Waals surface area contributed by atoms with E-state index < -0.39 is 0 Å². The number of hydrogen-bond donors (Lipinski definition) is 0. The van der Waals surface area contributed by atoms with E-state index in [-0.39, 0.29) is 18.5 Å². The topological polar surface area (TPSA) is 63.4 Å². The Labute approximate surface area is 182 Å². The standard InChI is InChI=1S/C22H19N5OS2/c1-15-23-22(16-7-3-2-4-8-16)26(24-15)14-21(28)27-18(20-10-6-12-30-20)13-17(25-27)19-9-5-11-29-19/h2-12,18H,13-14H2,1H3. The molecule has 0 aliphatic carbocycles. The molecule has 0 bridgehead atoms. The summed E-state index contributed by atoms with van der Waals surface area (Å²) < 4.78 is 1.68. The van der Waals surface area contributed by atoms with Crippen molar-refractivity contribution in [2.45, 2.75) is 25.9 Å². The minimum Gasteiger partial charge on any atom is -0.271 e. The molecule has 0 fully saturated rings. The van der Waals surface area contributed by atoms with Crippen molar-refractivity contribution in [3.8, 4) is 11.4 Å². The van der Waals surface area contributed by atoms with E-state index in [1.54, 1.807) is 32.4 Å². The molecular weight excluding hydrogens is 414 g/mol. The van der Waals surface area contributed by atoms with Gasteiger partial charge in [0.05, 0.1) is 16.6 Å². The third-order valence-electron chi connectivity index (χ3n) is 4.94. The van der Waals surface area contributed by atoms with Crippen LogP contribution in [-0.4, -0.2) is 31.4 Å². The lowest BCUT2D eigenvalue weighted by Crippen LogP contribution is -2.30. The van der Waals surface area contributed by atoms with Crippen LogP contribution in [-0.2, 0) is 11.3 Å². The lowest BCUT2D eigenvalue weighted by molar-refractivity contribution is -0.133. The summed E-state index contributed by atoms with van der Waals surface area (Å²) in [6.45, 7) is 1.93. The average molecular weight is 434 g/mol. The summed E-state index contributed by atoms with van der Waals surface area (Å²) >= 11 is 3.30. The molecule has 8 heteroatoms. The van der Waals surface area contributed by atoms with Crippen molar-refractivity contribution in [3.05, 3.63) is 80.9 Å². The van der Waals surface area contributed by atoms with Gasteiger partial charge in [-0.2, -0.15) is 10.2 Å². The Balaban J connectivity index is 1.46. The van der Waals surface area contributed by atoms with Gasteiger partial charge < -0.3 is 0 Å². The molecule has 1 aromatic carbocycles. The molecule has 30 heavy (non-hydrogen) atoms. The van der Waals surface area contributed by atoms with Crippen molar-refractivity contribution in [2.75, 3.05) is 0 Å². The van der Waals surface area contributed by atoms with E-state index in [1.807, 2.05) is 60.1 Å². The molecule has 1 unspecified atom stereocenters. The first kappa shape index (κ1) is 18.9. The maximum atomic E-state index is 13.4. The van der Waals surface area contributed by atoms with Gasteiger partial charge in [-0.15, -0.1) is 22.7 Å². The minimum atomic E-state index is -0.0953. The fourth-order valence-corrected chi connectivity index (χ4v) is 5.13. The van der Waals surface area contributed by atoms with E-state index in [9.17, 15) is 4.79 Å². The van der Waals surface area contributed by atoms with Gasteiger partial charge in [0.15, 0.2) is 5.82 Å². The van der Waals surface area contributed by atoms with E-state index in [4.69, 9.17) is 5.10 Å². The minimum absolute atomic E-state index is 0.0839. The molecule has 4 heterocycles. The highest BCUT2D eigenvalue weighted by Crippen LogP contribution is 2.36. The normalized spacial score (nSPS) is 16.1. The Morgan fingerprint density at radius 1 is 1.07 bits per heavy atom. The molecule has 4 aromatic rings. The fourth-order valence-electron chi connectivity index (χ4n) is 3.60. The number of nitrogens with zero attached hydrogens (tertiary/aromatic N) is 5. The largest absolute Gasteiger partial charge is 0.271 e. The summed E-state index contributed by atoms with van der Waals surface area (Å²) in [5.74, 6) is 1.23. The molecule has 0 saturated heterocycles. The number of thiophene rings is 2. The Morgan fingerprint density at radius 2 is 1.87 bits per heavy atom. The average Bonchev–Trinajstić information content (AvgIpc) is 3.53. The van der Waals surface area contributed by atoms with Gasteiger partial charge in [-0.05, 0) is 29.8 Å². The molecule has 5 rings (SSSR count). The summed E-state index contributed by atoms with van der Waals surface area (Å²) in [5.41, 5.74) is 1.89. The zero-order chi connectivity index (χ0) is 20.5. The monoisotopic (exact) mass is 433 g/mol. The van der Waals surface area contributed by atoms with Crippen LogP contribution in [0, 0.1) is 6.92 Å². The summed E-state index contributed by atoms with van der Waals surface area (Å²) in [6.07, 6.45) is 0.717. The first-order valence-electron chi connectivity index (χ1n) is 9.63. The van der Waals surface area contributed by atoms with Gasteiger partial charge in [-0.25, -0.2) is 14.7 Å². The fraction of sp³-hybridized carbons (Fsp3) is 0.182. The number of aryl methyl sites for hydroxylation is 1. The molecule has 0 radical (unpaired) electrons. The smallest absolute Gasteiger partial charge is 0.265 e. The Hall–Kier alpha value is -3.10. The van der Waals surface area contributed by atoms with Gasteiger partial charge in [-0.1, -0.05) is 42.5 Å². The van der Waals surface area contributed by atoms with Crippen molar-refractivity contribution in [3.63, 3.8) is 0 Å². The quantitative estimate of drug-likeness (QED) is 0.456. The molecule has 0 N–H and O–H groups in total. The first-order valence-corrected chi connectivity index (χ1v) is 11.4. The predicted octanol–water partition coefficient (Wildman–Crippen LogP) is 4.75. The van der Waals surface area contributed by atoms with Crippen molar-refractivity contribution < 1.29 is 4.79 Å². The van der Waals surface area contributed by atoms with Gasteiger partial charge in [0.25, 0.3) is 5.91 Å². The van der Waals surface area contributed by atoms with E-state index in [0.29, 0.717) is 18.1 Å². The number of carbonyl (C=O) groups excluding carboxylic acids is 1. The molecular formula is C22H19N5OS2. The summed E-state index contributed by atoms with van der Waals surface area (Å²) in [7, 11) is 0. The highest BCUT2D eigenvalue weighted by Gasteiger charge is 2.34. The number of carbonyl (C=O) groups is 1. The number of hydrogen-bond acceptors (Lipinski definition) is 6. The molecule has 1 atom stereocenters.